The van der Waals surface area contributed by atoms with Gasteiger partial charge in [-0.05, 0) is 44.7 Å². The number of hydrogen-bond acceptors (Lipinski definition) is 6. The van der Waals surface area contributed by atoms with Crippen LogP contribution in [0.3, 0.4) is 0 Å². The molecule has 1 atom stereocenters. The van der Waals surface area contributed by atoms with E-state index in [-0.39, 0.29) is 17.9 Å². The molecule has 1 aliphatic carbocycles. The Morgan fingerprint density at radius 2 is 1.93 bits per heavy atom. The highest BCUT2D eigenvalue weighted by molar-refractivity contribution is 5.91. The van der Waals surface area contributed by atoms with E-state index in [1.165, 1.54) is 0 Å². The van der Waals surface area contributed by atoms with E-state index in [0.717, 1.165) is 68.9 Å². The van der Waals surface area contributed by atoms with Crippen molar-refractivity contribution in [3.63, 3.8) is 0 Å². The van der Waals surface area contributed by atoms with E-state index in [1.807, 2.05) is 31.2 Å². The molecule has 1 saturated heterocycles. The Labute approximate surface area is 177 Å². The predicted molar refractivity (Wildman–Crippen MR) is 116 cm³/mol. The maximum Gasteiger partial charge on any atom is 0.228 e. The van der Waals surface area contributed by atoms with Gasteiger partial charge < -0.3 is 19.7 Å². The quantitative estimate of drug-likeness (QED) is 0.742. The number of amides is 1. The smallest absolute Gasteiger partial charge is 0.228 e. The van der Waals surface area contributed by atoms with E-state index < -0.39 is 0 Å². The maximum atomic E-state index is 12.4. The second-order valence-electron chi connectivity index (χ2n) is 7.94. The van der Waals surface area contributed by atoms with Crippen molar-refractivity contribution in [2.45, 2.75) is 51.6 Å². The van der Waals surface area contributed by atoms with Crippen LogP contribution in [-0.2, 0) is 4.79 Å². The zero-order valence-corrected chi connectivity index (χ0v) is 17.5. The Balaban J connectivity index is 1.40. The van der Waals surface area contributed by atoms with Crippen LogP contribution in [0.4, 0.5) is 11.6 Å². The van der Waals surface area contributed by atoms with Crippen molar-refractivity contribution in [1.82, 2.24) is 9.97 Å². The van der Waals surface area contributed by atoms with Gasteiger partial charge in [0.15, 0.2) is 17.3 Å². The third-order valence-corrected chi connectivity index (χ3v) is 5.74. The fourth-order valence-electron chi connectivity index (χ4n) is 4.23. The highest BCUT2D eigenvalue weighted by Crippen LogP contribution is 2.30. The lowest BCUT2D eigenvalue weighted by molar-refractivity contribution is -0.119. The molecule has 0 radical (unpaired) electrons. The third kappa shape index (κ3) is 5.01. The number of ether oxygens (including phenoxy) is 2. The summed E-state index contributed by atoms with van der Waals surface area (Å²) in [5.74, 6) is 3.00. The summed E-state index contributed by atoms with van der Waals surface area (Å²) in [6.45, 7) is 4.18. The van der Waals surface area contributed by atoms with Crippen molar-refractivity contribution in [3.05, 3.63) is 36.7 Å². The van der Waals surface area contributed by atoms with E-state index in [0.29, 0.717) is 12.4 Å². The van der Waals surface area contributed by atoms with Crippen molar-refractivity contribution in [3.8, 4) is 11.5 Å². The van der Waals surface area contributed by atoms with Crippen LogP contribution in [0.1, 0.15) is 45.4 Å². The van der Waals surface area contributed by atoms with Crippen molar-refractivity contribution < 1.29 is 14.3 Å². The van der Waals surface area contributed by atoms with Crippen LogP contribution in [0.5, 0.6) is 11.5 Å². The highest BCUT2D eigenvalue weighted by Gasteiger charge is 2.25. The SMILES string of the molecule is CCOc1ccccc1O[C@@H]1CCCN(c2cncc(NC(=O)C3CCCC3)n2)C1. The van der Waals surface area contributed by atoms with Crippen LogP contribution in [-0.4, -0.2) is 41.7 Å². The van der Waals surface area contributed by atoms with Crippen molar-refractivity contribution in [2.75, 3.05) is 29.9 Å². The predicted octanol–water partition coefficient (Wildman–Crippen LogP) is 4.05. The number of carbonyl (C=O) groups excluding carboxylic acids is 1. The number of nitrogens with one attached hydrogen (secondary N) is 1. The van der Waals surface area contributed by atoms with Crippen molar-refractivity contribution in [2.24, 2.45) is 5.92 Å². The van der Waals surface area contributed by atoms with Gasteiger partial charge in [0.2, 0.25) is 5.91 Å². The van der Waals surface area contributed by atoms with Crippen LogP contribution in [0.15, 0.2) is 36.7 Å². The molecule has 2 fully saturated rings. The van der Waals surface area contributed by atoms with Gasteiger partial charge in [-0.3, -0.25) is 9.78 Å². The first-order valence-electron chi connectivity index (χ1n) is 11.0. The number of hydrogen-bond donors (Lipinski definition) is 1. The highest BCUT2D eigenvalue weighted by atomic mass is 16.5. The molecular formula is C23H30N4O3. The van der Waals surface area contributed by atoms with E-state index in [1.54, 1.807) is 12.4 Å². The maximum absolute atomic E-state index is 12.4. The summed E-state index contributed by atoms with van der Waals surface area (Å²) in [6.07, 6.45) is 9.58. The molecule has 4 rings (SSSR count). The third-order valence-electron chi connectivity index (χ3n) is 5.74. The van der Waals surface area contributed by atoms with Crippen LogP contribution in [0.2, 0.25) is 0 Å². The van der Waals surface area contributed by atoms with Gasteiger partial charge in [-0.15, -0.1) is 0 Å². The lowest BCUT2D eigenvalue weighted by atomic mass is 10.1. The first-order valence-corrected chi connectivity index (χ1v) is 11.0. The Hall–Kier alpha value is -2.83. The second kappa shape index (κ2) is 9.78. The van der Waals surface area contributed by atoms with E-state index >= 15 is 0 Å². The molecule has 1 aromatic heterocycles. The number of carbonyl (C=O) groups is 1. The molecule has 2 aromatic rings. The van der Waals surface area contributed by atoms with Gasteiger partial charge in [-0.2, -0.15) is 0 Å². The zero-order valence-electron chi connectivity index (χ0n) is 17.5. The van der Waals surface area contributed by atoms with Gasteiger partial charge in [0.05, 0.1) is 25.5 Å². The number of benzene rings is 1. The first kappa shape index (κ1) is 20.4. The summed E-state index contributed by atoms with van der Waals surface area (Å²) in [4.78, 5) is 23.5. The Morgan fingerprint density at radius 3 is 2.73 bits per heavy atom. The minimum absolute atomic E-state index is 0.0406. The van der Waals surface area contributed by atoms with Gasteiger partial charge in [-0.25, -0.2) is 4.98 Å². The van der Waals surface area contributed by atoms with Gasteiger partial charge in [-0.1, -0.05) is 25.0 Å². The summed E-state index contributed by atoms with van der Waals surface area (Å²) in [5.41, 5.74) is 0. The molecule has 0 bridgehead atoms. The Morgan fingerprint density at radius 1 is 1.13 bits per heavy atom. The first-order chi connectivity index (χ1) is 14.7. The Kier molecular flexibility index (Phi) is 6.67. The summed E-state index contributed by atoms with van der Waals surface area (Å²) < 4.78 is 12.0. The lowest BCUT2D eigenvalue weighted by Crippen LogP contribution is -2.41. The van der Waals surface area contributed by atoms with Crippen molar-refractivity contribution >= 4 is 17.5 Å². The monoisotopic (exact) mass is 410 g/mol. The molecule has 0 spiro atoms. The molecule has 1 saturated carbocycles. The second-order valence-corrected chi connectivity index (χ2v) is 7.94. The molecule has 1 N–H and O–H groups in total. The molecule has 7 heteroatoms. The largest absolute Gasteiger partial charge is 0.490 e. The standard InChI is InChI=1S/C23H30N4O3/c1-2-29-19-11-5-6-12-20(19)30-18-10-7-13-27(16-18)22-15-24-14-21(25-22)26-23(28)17-8-3-4-9-17/h5-6,11-12,14-15,17-18H,2-4,7-10,13,16H2,1H3,(H,25,26,28)/t18-/m1/s1. The molecule has 7 nitrogen and oxygen atoms in total. The molecule has 30 heavy (non-hydrogen) atoms. The van der Waals surface area contributed by atoms with Crippen molar-refractivity contribution in [1.29, 1.82) is 0 Å². The van der Waals surface area contributed by atoms with E-state index in [9.17, 15) is 4.79 Å². The average Bonchev–Trinajstić information content (AvgIpc) is 3.31. The zero-order chi connectivity index (χ0) is 20.8. The van der Waals surface area contributed by atoms with Gasteiger partial charge >= 0.3 is 0 Å². The summed E-state index contributed by atoms with van der Waals surface area (Å²) in [7, 11) is 0. The van der Waals surface area contributed by atoms with Gasteiger partial charge in [0, 0.05) is 12.5 Å². The topological polar surface area (TPSA) is 76.6 Å². The van der Waals surface area contributed by atoms with Crippen LogP contribution in [0, 0.1) is 5.92 Å². The average molecular weight is 411 g/mol. The number of anilines is 2. The molecule has 2 aliphatic rings. The molecule has 1 aromatic carbocycles. The number of piperidine rings is 1. The van der Waals surface area contributed by atoms with Gasteiger partial charge in [0.1, 0.15) is 11.9 Å². The van der Waals surface area contributed by atoms with E-state index in [2.05, 4.69) is 20.2 Å². The Bertz CT molecular complexity index is 854. The number of nitrogens with zero attached hydrogens (tertiary/aromatic N) is 3. The van der Waals surface area contributed by atoms with E-state index in [4.69, 9.17) is 9.47 Å². The fraction of sp³-hybridized carbons (Fsp3) is 0.522. The molecule has 1 amide bonds. The molecule has 0 unspecified atom stereocenters. The van der Waals surface area contributed by atoms with Crippen LogP contribution >= 0.6 is 0 Å². The summed E-state index contributed by atoms with van der Waals surface area (Å²) in [6, 6.07) is 7.79. The molecular weight excluding hydrogens is 380 g/mol. The minimum Gasteiger partial charge on any atom is -0.490 e. The molecule has 160 valence electrons. The minimum atomic E-state index is 0.0406. The summed E-state index contributed by atoms with van der Waals surface area (Å²) in [5, 5.41) is 2.95. The molecule has 1 aliphatic heterocycles. The molecule has 2 heterocycles. The number of rotatable bonds is 7. The van der Waals surface area contributed by atoms with Crippen LogP contribution < -0.4 is 19.7 Å². The van der Waals surface area contributed by atoms with Crippen LogP contribution in [0.25, 0.3) is 0 Å². The lowest BCUT2D eigenvalue weighted by Gasteiger charge is -2.33. The number of aromatic nitrogens is 2. The fourth-order valence-corrected chi connectivity index (χ4v) is 4.23. The normalized spacial score (nSPS) is 19.5. The number of para-hydroxylation sites is 2. The van der Waals surface area contributed by atoms with Gasteiger partial charge in [0.25, 0.3) is 0 Å². The summed E-state index contributed by atoms with van der Waals surface area (Å²) >= 11 is 0.